The summed E-state index contributed by atoms with van der Waals surface area (Å²) in [4.78, 5) is -0.0370. The monoisotopic (exact) mass is 1900 g/mol. The third-order valence-corrected chi connectivity index (χ3v) is 40.2. The zero-order valence-corrected chi connectivity index (χ0v) is 73.8. The molecule has 18 saturated carbocycles. The van der Waals surface area contributed by atoms with Crippen LogP contribution < -0.4 is 0 Å². The van der Waals surface area contributed by atoms with Crippen LogP contribution in [0.25, 0.3) is 0 Å². The number of rotatable bonds is 14. The quantitative estimate of drug-likeness (QED) is 0.0885. The summed E-state index contributed by atoms with van der Waals surface area (Å²) >= 11 is 0. The first-order valence-electron chi connectivity index (χ1n) is 40.1. The van der Waals surface area contributed by atoms with E-state index in [2.05, 4.69) is 13.2 Å². The molecule has 0 aromatic rings. The number of allylic oxidation sites excluding steroid dienone is 7. The Balaban J connectivity index is 0.000000148. The highest BCUT2D eigenvalue weighted by molar-refractivity contribution is 7.90. The summed E-state index contributed by atoms with van der Waals surface area (Å²) in [5, 5.41) is -5.72. The Morgan fingerprint density at radius 1 is 0.410 bits per heavy atom. The molecule has 14 atom stereocenters. The van der Waals surface area contributed by atoms with Gasteiger partial charge in [-0.25, -0.2) is 0 Å². The van der Waals surface area contributed by atoms with Gasteiger partial charge >= 0.3 is 112 Å². The lowest BCUT2D eigenvalue weighted by Gasteiger charge is -2.56. The lowest BCUT2D eigenvalue weighted by molar-refractivity contribution is -0.0394. The smallest absolute Gasteiger partial charge is 0.195 e. The van der Waals surface area contributed by atoms with Gasteiger partial charge in [-0.05, 0) is 286 Å². The molecule has 0 saturated heterocycles. The van der Waals surface area contributed by atoms with E-state index in [9.17, 15) is 135 Å². The highest BCUT2D eigenvalue weighted by Crippen LogP contribution is 2.61. The lowest BCUT2D eigenvalue weighted by Crippen LogP contribution is -2.50. The first kappa shape index (κ1) is 98.2. The lowest BCUT2D eigenvalue weighted by atomic mass is 9.50. The van der Waals surface area contributed by atoms with Crippen LogP contribution in [-0.4, -0.2) is 146 Å². The van der Waals surface area contributed by atoms with E-state index in [1.807, 2.05) is 18.2 Å². The Labute approximate surface area is 686 Å². The summed E-state index contributed by atoms with van der Waals surface area (Å²) in [5.74, 6) is 4.21. The average Bonchev–Trinajstić information content (AvgIpc) is 1.47. The van der Waals surface area contributed by atoms with Gasteiger partial charge in [-0.2, -0.15) is 92.6 Å². The average molecular weight is 1900 g/mol. The van der Waals surface area contributed by atoms with E-state index in [0.29, 0.717) is 105 Å². The van der Waals surface area contributed by atoms with Crippen LogP contribution in [0.3, 0.4) is 0 Å². The fourth-order valence-electron chi connectivity index (χ4n) is 21.6. The highest BCUT2D eigenvalue weighted by Gasteiger charge is 2.56. The summed E-state index contributed by atoms with van der Waals surface area (Å²) in [6, 6.07) is 0. The van der Waals surface area contributed by atoms with Gasteiger partial charge in [0.05, 0.1) is 53.2 Å². The zero-order chi connectivity index (χ0) is 87.2. The molecule has 21 rings (SSSR count). The minimum Gasteiger partial charge on any atom is -0.195 e. The van der Waals surface area contributed by atoms with Crippen molar-refractivity contribution in [1.29, 1.82) is 0 Å². The van der Waals surface area contributed by atoms with Gasteiger partial charge in [-0.15, -0.1) is 49.3 Å². The van der Waals surface area contributed by atoms with Crippen LogP contribution in [0.4, 0.5) is 42.7 Å². The van der Waals surface area contributed by atoms with E-state index in [1.54, 1.807) is 13.0 Å². The van der Waals surface area contributed by atoms with Gasteiger partial charge in [0.25, 0.3) is 0 Å². The fraction of sp³-hybridized carbons (Fsp3) is 0.863. The molecule has 18 fully saturated rings. The molecule has 676 valence electrons. The predicted molar refractivity (Wildman–Crippen MR) is 419 cm³/mol. The van der Waals surface area contributed by atoms with E-state index >= 15 is 0 Å². The van der Waals surface area contributed by atoms with Crippen LogP contribution in [0.1, 0.15) is 225 Å². The summed E-state index contributed by atoms with van der Waals surface area (Å²) in [6.07, 6.45) is 40.8. The van der Waals surface area contributed by atoms with Crippen LogP contribution in [0.5, 0.6) is 0 Å². The van der Waals surface area contributed by atoms with Crippen molar-refractivity contribution in [3.8, 4) is 0 Å². The van der Waals surface area contributed by atoms with E-state index < -0.39 is 154 Å². The number of fused-ring (bicyclic) bond motifs is 6. The summed E-state index contributed by atoms with van der Waals surface area (Å²) in [7, 11) is -46.8. The fourth-order valence-corrected chi connectivity index (χ4v) is 32.7. The molecule has 22 nitrogen and oxygen atoms in total. The zero-order valence-electron chi connectivity index (χ0n) is 64.8. The van der Waals surface area contributed by atoms with Crippen molar-refractivity contribution in [1.82, 2.24) is 0 Å². The Hall–Kier alpha value is -2.62. The van der Waals surface area contributed by atoms with E-state index in [4.69, 9.17) is 0 Å². The summed E-state index contributed by atoms with van der Waals surface area (Å²) in [6.45, 7) is 8.37. The molecule has 21 aliphatic rings. The molecule has 0 amide bonds. The Bertz CT molecular complexity index is 4950. The second kappa shape index (κ2) is 37.5. The number of halogens is 11. The van der Waals surface area contributed by atoms with Gasteiger partial charge in [-0.3, -0.25) is 0 Å². The van der Waals surface area contributed by atoms with Gasteiger partial charge in [0.2, 0.25) is 0 Å². The number of hydrogen-bond donors (Lipinski definition) is 0. The maximum atomic E-state index is 13.1. The second-order valence-electron chi connectivity index (χ2n) is 36.6. The molecule has 44 heteroatoms. The Morgan fingerprint density at radius 2 is 0.897 bits per heavy atom. The first-order chi connectivity index (χ1) is 53.5. The molecule has 14 bridgehead atoms. The molecule has 14 unspecified atom stereocenters. The Morgan fingerprint density at radius 3 is 1.15 bits per heavy atom. The molecule has 0 aromatic carbocycles. The van der Waals surface area contributed by atoms with Crippen molar-refractivity contribution < 1.29 is 135 Å². The largest absolute Gasteiger partial charge is 0.328 e. The van der Waals surface area contributed by atoms with Crippen molar-refractivity contribution in [2.45, 2.75) is 267 Å². The van der Waals surface area contributed by atoms with Crippen molar-refractivity contribution in [2.24, 2.45) is 106 Å². The summed E-state index contributed by atoms with van der Waals surface area (Å²) in [5.41, 5.74) is 0.468. The third-order valence-electron chi connectivity index (χ3n) is 27.0. The van der Waals surface area contributed by atoms with Crippen LogP contribution in [0, 0.1) is 106 Å². The molecule has 117 heavy (non-hydrogen) atoms. The molecular weight excluding hydrogens is 1790 g/mol. The van der Waals surface area contributed by atoms with Gasteiger partial charge in [0, 0.05) is 5.92 Å². The molecule has 1 spiro atoms. The topological polar surface area (TPSA) is 376 Å². The number of hydrogen-bond acceptors (Lipinski definition) is 22. The van der Waals surface area contributed by atoms with Crippen LogP contribution >= 0.6 is 0 Å². The normalized spacial score (nSPS) is 37.5. The van der Waals surface area contributed by atoms with Crippen molar-refractivity contribution in [3.05, 3.63) is 60.1 Å². The van der Waals surface area contributed by atoms with E-state index in [-0.39, 0.29) is 80.5 Å². The molecule has 21 aliphatic carbocycles. The predicted octanol–water partition coefficient (Wildman–Crippen LogP) is 15.2. The second-order valence-corrected chi connectivity index (χ2v) is 53.2. The minimum absolute atomic E-state index is 0.0370. The van der Waals surface area contributed by atoms with Gasteiger partial charge in [0.15, 0.2) is 0 Å². The van der Waals surface area contributed by atoms with Gasteiger partial charge in [0.1, 0.15) is 5.25 Å². The molecule has 0 N–H and O–H groups in total. The highest BCUT2D eigenvalue weighted by atomic mass is 32.3. The van der Waals surface area contributed by atoms with E-state index in [0.717, 1.165) is 116 Å². The van der Waals surface area contributed by atoms with Crippen molar-refractivity contribution >= 4 is 112 Å². The van der Waals surface area contributed by atoms with Gasteiger partial charge in [-0.1, -0.05) is 87.6 Å². The Kier molecular flexibility index (Phi) is 31.5. The third kappa shape index (κ3) is 30.0. The van der Waals surface area contributed by atoms with Crippen LogP contribution in [-0.2, 0) is 112 Å². The molecule has 0 aliphatic heterocycles. The van der Waals surface area contributed by atoms with Gasteiger partial charge < -0.3 is 0 Å². The molecular formula is C73H109F11O22S11. The maximum absolute atomic E-state index is 13.1. The molecule has 0 aromatic heterocycles. The van der Waals surface area contributed by atoms with Crippen molar-refractivity contribution in [2.75, 3.05) is 11.5 Å². The minimum atomic E-state index is -4.42. The first-order valence-corrected chi connectivity index (χ1v) is 56.2. The van der Waals surface area contributed by atoms with Crippen LogP contribution in [0.2, 0.25) is 0 Å². The SMILES string of the molecule is C=C1CC1S(=O)(=O)F.C=CC1CC1S(=O)(=O)F.CC1CC1S(=O)(=O)F.O=S(=O)(F)C1=CC2C=CC1C2.O=S(=O)(F)C1C2CC3CC(C2)CC1C3.O=S(=O)(F)C1CC1.O=S(=O)(F)C1CC2C=CC1C2.O=S(=O)(F)C1CC2CCC1C2.O=S(=O)(F)C1CCCC2(CCCCC2)C1.O=S(=O)(F)CC12CC3CC(CC(C3)C1)C2.O=S(=O)(F)CC1CC1. The van der Waals surface area contributed by atoms with Crippen LogP contribution in [0.15, 0.2) is 60.1 Å². The molecule has 0 radical (unpaired) electrons. The molecule has 0 heterocycles. The standard InChI is InChI=1S/C11H17FO2S.C11H19FO2S.C10H15FO2S.C7H11FO2S.C7H9FO2S.C7H7FO2S.C5H7FO2S.C4H7FO2S.C4H5FO2S.C4H7FO2S.C3H5FO2S/c12-15(13,14)7-11-4-8-1-9(5-11)3-10(2-8)6-11;12-15(13,14)10-5-4-8-11(9-10)6-2-1-3-7-11;11-14(12,13)10-8-2-6-1-7(4-8)5-9(10)3-6;3*8-11(9,10)7-4-5-1-2-6(7)3-5;1-2-4-3-5(4)9(6,7)8;2*1-3-2-4(3)8(5,6)7;5-8(6,7)3-4-1-2-4;4-7(5,6)3-1-2-3/h8-10H,1-7H2;10H,1-9H2;6-10H,1-5H2;5-7H,1-4H2;1-2,5-7H,3-4H2;1-2,4-6H,3H2;2,4-5H,1,3H2;3-4H,2H2,1H3;4H,1-2H2;4H,1-3H2;3H,1-2H2. The van der Waals surface area contributed by atoms with E-state index in [1.165, 1.54) is 57.1 Å². The maximum Gasteiger partial charge on any atom is 0.328 e. The van der Waals surface area contributed by atoms with Crippen molar-refractivity contribution in [3.63, 3.8) is 0 Å². The summed E-state index contributed by atoms with van der Waals surface area (Å²) < 4.78 is 363.